The number of aliphatic hydroxyl groups is 1. The van der Waals surface area contributed by atoms with Gasteiger partial charge in [0.25, 0.3) is 0 Å². The van der Waals surface area contributed by atoms with Gasteiger partial charge in [0.1, 0.15) is 0 Å². The fraction of sp³-hybridized carbons (Fsp3) is 0.846. The molecule has 1 aliphatic rings. The van der Waals surface area contributed by atoms with Crippen molar-refractivity contribution in [2.24, 2.45) is 11.8 Å². The molecule has 1 aliphatic carbocycles. The first kappa shape index (κ1) is 15.0. The molecule has 0 aromatic rings. The summed E-state index contributed by atoms with van der Waals surface area (Å²) in [7, 11) is 1.63. The number of carboxylic acids is 1. The summed E-state index contributed by atoms with van der Waals surface area (Å²) in [6.07, 6.45) is 2.96. The minimum absolute atomic E-state index is 0.139. The average Bonchev–Trinajstić information content (AvgIpc) is 2.36. The molecule has 1 rings (SSSR count). The van der Waals surface area contributed by atoms with Gasteiger partial charge in [-0.3, -0.25) is 9.59 Å². The van der Waals surface area contributed by atoms with Crippen molar-refractivity contribution in [2.75, 3.05) is 13.7 Å². The van der Waals surface area contributed by atoms with E-state index in [1.165, 1.54) is 4.90 Å². The van der Waals surface area contributed by atoms with Crippen molar-refractivity contribution in [3.05, 3.63) is 0 Å². The first-order valence-corrected chi connectivity index (χ1v) is 6.42. The van der Waals surface area contributed by atoms with Gasteiger partial charge < -0.3 is 15.1 Å². The Labute approximate surface area is 108 Å². The Hall–Kier alpha value is -1.10. The highest BCUT2D eigenvalue weighted by Gasteiger charge is 2.40. The summed E-state index contributed by atoms with van der Waals surface area (Å²) in [5.74, 6) is -2.08. The average molecular weight is 257 g/mol. The lowest BCUT2D eigenvalue weighted by atomic mass is 9.78. The summed E-state index contributed by atoms with van der Waals surface area (Å²) in [4.78, 5) is 25.0. The zero-order chi connectivity index (χ0) is 13.9. The van der Waals surface area contributed by atoms with Gasteiger partial charge in [-0.15, -0.1) is 0 Å². The van der Waals surface area contributed by atoms with Crippen molar-refractivity contribution in [2.45, 2.75) is 45.1 Å². The number of carbonyl (C=O) groups is 2. The van der Waals surface area contributed by atoms with E-state index in [-0.39, 0.29) is 12.5 Å². The molecule has 1 saturated carbocycles. The molecule has 1 amide bonds. The third kappa shape index (κ3) is 3.02. The predicted molar refractivity (Wildman–Crippen MR) is 67.0 cm³/mol. The van der Waals surface area contributed by atoms with Crippen molar-refractivity contribution in [1.82, 2.24) is 4.90 Å². The van der Waals surface area contributed by atoms with E-state index in [4.69, 9.17) is 0 Å². The van der Waals surface area contributed by atoms with Crippen LogP contribution in [0.5, 0.6) is 0 Å². The van der Waals surface area contributed by atoms with Gasteiger partial charge in [-0.2, -0.15) is 0 Å². The molecule has 0 aromatic carbocycles. The van der Waals surface area contributed by atoms with E-state index >= 15 is 0 Å². The largest absolute Gasteiger partial charge is 0.481 e. The number of hydrogen-bond donors (Lipinski definition) is 2. The van der Waals surface area contributed by atoms with Crippen LogP contribution in [-0.4, -0.2) is 46.2 Å². The fourth-order valence-electron chi connectivity index (χ4n) is 2.38. The Kier molecular flexibility index (Phi) is 4.73. The summed E-state index contributed by atoms with van der Waals surface area (Å²) in [6, 6.07) is 0. The SMILES string of the molecule is CN(C(=O)C1CCCCC1C(=O)O)C(C)(C)CO. The van der Waals surface area contributed by atoms with Crippen LogP contribution in [0.3, 0.4) is 0 Å². The molecule has 5 heteroatoms. The van der Waals surface area contributed by atoms with Crippen LogP contribution in [0, 0.1) is 11.8 Å². The normalized spacial score (nSPS) is 24.7. The number of nitrogens with zero attached hydrogens (tertiary/aromatic N) is 1. The first-order chi connectivity index (χ1) is 8.31. The fourth-order valence-corrected chi connectivity index (χ4v) is 2.38. The van der Waals surface area contributed by atoms with E-state index in [0.29, 0.717) is 12.8 Å². The Bertz CT molecular complexity index is 327. The van der Waals surface area contributed by atoms with Gasteiger partial charge in [0.05, 0.1) is 24.0 Å². The monoisotopic (exact) mass is 257 g/mol. The van der Waals surface area contributed by atoms with Crippen LogP contribution < -0.4 is 0 Å². The third-order valence-corrected chi connectivity index (χ3v) is 4.03. The molecule has 2 N–H and O–H groups in total. The predicted octanol–water partition coefficient (Wildman–Crippen LogP) is 1.11. The Morgan fingerprint density at radius 3 is 2.17 bits per heavy atom. The minimum Gasteiger partial charge on any atom is -0.481 e. The van der Waals surface area contributed by atoms with Crippen molar-refractivity contribution in [3.8, 4) is 0 Å². The highest BCUT2D eigenvalue weighted by atomic mass is 16.4. The molecule has 0 aliphatic heterocycles. The molecule has 5 nitrogen and oxygen atoms in total. The van der Waals surface area contributed by atoms with Gasteiger partial charge in [0.2, 0.25) is 5.91 Å². The Morgan fingerprint density at radius 1 is 1.22 bits per heavy atom. The zero-order valence-electron chi connectivity index (χ0n) is 11.3. The molecule has 18 heavy (non-hydrogen) atoms. The Morgan fingerprint density at radius 2 is 1.72 bits per heavy atom. The lowest BCUT2D eigenvalue weighted by molar-refractivity contribution is -0.154. The van der Waals surface area contributed by atoms with E-state index in [1.807, 2.05) is 0 Å². The standard InChI is InChI=1S/C13H23NO4/c1-13(2,8-15)14(3)11(16)9-6-4-5-7-10(9)12(17)18/h9-10,15H,4-8H2,1-3H3,(H,17,18). The smallest absolute Gasteiger partial charge is 0.307 e. The molecule has 0 saturated heterocycles. The van der Waals surface area contributed by atoms with Gasteiger partial charge in [0, 0.05) is 7.05 Å². The van der Waals surface area contributed by atoms with Crippen LogP contribution in [-0.2, 0) is 9.59 Å². The summed E-state index contributed by atoms with van der Waals surface area (Å²) in [5.41, 5.74) is -0.655. The maximum Gasteiger partial charge on any atom is 0.307 e. The molecule has 0 radical (unpaired) electrons. The molecule has 1 fully saturated rings. The topological polar surface area (TPSA) is 77.8 Å². The minimum atomic E-state index is -0.886. The number of carboxylic acid groups (broad SMARTS) is 1. The van der Waals surface area contributed by atoms with Gasteiger partial charge in [0.15, 0.2) is 0 Å². The number of aliphatic carboxylic acids is 1. The number of rotatable bonds is 4. The summed E-state index contributed by atoms with van der Waals surface area (Å²) < 4.78 is 0. The van der Waals surface area contributed by atoms with Crippen LogP contribution in [0.4, 0.5) is 0 Å². The van der Waals surface area contributed by atoms with E-state index in [2.05, 4.69) is 0 Å². The third-order valence-electron chi connectivity index (χ3n) is 4.03. The van der Waals surface area contributed by atoms with Crippen molar-refractivity contribution in [3.63, 3.8) is 0 Å². The maximum atomic E-state index is 12.4. The molecular weight excluding hydrogens is 234 g/mol. The number of amides is 1. The molecular formula is C13H23NO4. The van der Waals surface area contributed by atoms with Gasteiger partial charge in [-0.1, -0.05) is 12.8 Å². The van der Waals surface area contributed by atoms with Crippen molar-refractivity contribution >= 4 is 11.9 Å². The molecule has 0 heterocycles. The second kappa shape index (κ2) is 5.69. The van der Waals surface area contributed by atoms with Gasteiger partial charge >= 0.3 is 5.97 Å². The van der Waals surface area contributed by atoms with Gasteiger partial charge in [-0.25, -0.2) is 0 Å². The second-order valence-corrected chi connectivity index (χ2v) is 5.70. The first-order valence-electron chi connectivity index (χ1n) is 6.42. The number of likely N-dealkylation sites (N-methyl/N-ethyl adjacent to an activating group) is 1. The Balaban J connectivity index is 2.84. The maximum absolute atomic E-state index is 12.4. The van der Waals surface area contributed by atoms with Crippen molar-refractivity contribution < 1.29 is 19.8 Å². The summed E-state index contributed by atoms with van der Waals surface area (Å²) in [5, 5.41) is 18.5. The molecule has 2 unspecified atom stereocenters. The van der Waals surface area contributed by atoms with E-state index < -0.39 is 23.3 Å². The van der Waals surface area contributed by atoms with Crippen LogP contribution >= 0.6 is 0 Å². The zero-order valence-corrected chi connectivity index (χ0v) is 11.3. The van der Waals surface area contributed by atoms with E-state index in [0.717, 1.165) is 12.8 Å². The van der Waals surface area contributed by atoms with Crippen LogP contribution in [0.25, 0.3) is 0 Å². The lowest BCUT2D eigenvalue weighted by Crippen LogP contribution is -2.52. The molecule has 0 spiro atoms. The molecule has 104 valence electrons. The molecule has 0 bridgehead atoms. The second-order valence-electron chi connectivity index (χ2n) is 5.70. The highest BCUT2D eigenvalue weighted by molar-refractivity contribution is 5.85. The highest BCUT2D eigenvalue weighted by Crippen LogP contribution is 2.32. The van der Waals surface area contributed by atoms with E-state index in [1.54, 1.807) is 20.9 Å². The molecule has 0 aromatic heterocycles. The van der Waals surface area contributed by atoms with Gasteiger partial charge in [-0.05, 0) is 26.7 Å². The van der Waals surface area contributed by atoms with Crippen LogP contribution in [0.1, 0.15) is 39.5 Å². The number of aliphatic hydroxyl groups excluding tert-OH is 1. The van der Waals surface area contributed by atoms with Crippen molar-refractivity contribution in [1.29, 1.82) is 0 Å². The van der Waals surface area contributed by atoms with Crippen LogP contribution in [0.15, 0.2) is 0 Å². The summed E-state index contributed by atoms with van der Waals surface area (Å²) in [6.45, 7) is 3.40. The lowest BCUT2D eigenvalue weighted by Gasteiger charge is -2.38. The van der Waals surface area contributed by atoms with Crippen LogP contribution in [0.2, 0.25) is 0 Å². The quantitative estimate of drug-likeness (QED) is 0.790. The summed E-state index contributed by atoms with van der Waals surface area (Å²) >= 11 is 0. The number of carbonyl (C=O) groups excluding carboxylic acids is 1. The molecule has 2 atom stereocenters. The number of hydrogen-bond acceptors (Lipinski definition) is 3. The van der Waals surface area contributed by atoms with E-state index in [9.17, 15) is 19.8 Å².